The van der Waals surface area contributed by atoms with Crippen molar-refractivity contribution < 1.29 is 4.79 Å². The highest BCUT2D eigenvalue weighted by molar-refractivity contribution is 9.11. The van der Waals surface area contributed by atoms with Gasteiger partial charge in [-0.25, -0.2) is 0 Å². The van der Waals surface area contributed by atoms with Gasteiger partial charge in [0, 0.05) is 15.0 Å². The van der Waals surface area contributed by atoms with Crippen molar-refractivity contribution in [3.8, 4) is 0 Å². The standard InChI is InChI=1S/C14H20Br2N2O/c1-4-11(5-2)18-14(19)9(3)17-13-8-10(15)6-7-12(13)16/h6-9,11,17H,4-5H2,1-3H3,(H,18,19). The van der Waals surface area contributed by atoms with E-state index in [1.54, 1.807) is 0 Å². The van der Waals surface area contributed by atoms with Crippen LogP contribution in [0.2, 0.25) is 0 Å². The molecule has 106 valence electrons. The summed E-state index contributed by atoms with van der Waals surface area (Å²) in [5.74, 6) is 0.0283. The van der Waals surface area contributed by atoms with Crippen LogP contribution in [-0.4, -0.2) is 18.0 Å². The Balaban J connectivity index is 2.65. The van der Waals surface area contributed by atoms with Gasteiger partial charge in [-0.15, -0.1) is 0 Å². The Morgan fingerprint density at radius 1 is 1.26 bits per heavy atom. The van der Waals surface area contributed by atoms with Crippen molar-refractivity contribution in [1.29, 1.82) is 0 Å². The molecule has 0 fully saturated rings. The Morgan fingerprint density at radius 3 is 2.47 bits per heavy atom. The molecule has 1 unspecified atom stereocenters. The van der Waals surface area contributed by atoms with Crippen molar-refractivity contribution in [2.24, 2.45) is 0 Å². The fraction of sp³-hybridized carbons (Fsp3) is 0.500. The van der Waals surface area contributed by atoms with E-state index in [9.17, 15) is 4.79 Å². The fourth-order valence-electron chi connectivity index (χ4n) is 1.73. The molecule has 1 aromatic carbocycles. The Hall–Kier alpha value is -0.550. The topological polar surface area (TPSA) is 41.1 Å². The maximum atomic E-state index is 12.1. The number of carbonyl (C=O) groups is 1. The van der Waals surface area contributed by atoms with E-state index in [-0.39, 0.29) is 18.0 Å². The third kappa shape index (κ3) is 5.15. The third-order valence-electron chi connectivity index (χ3n) is 3.03. The van der Waals surface area contributed by atoms with Crippen LogP contribution in [0.25, 0.3) is 0 Å². The lowest BCUT2D eigenvalue weighted by Gasteiger charge is -2.20. The van der Waals surface area contributed by atoms with Crippen molar-refractivity contribution in [3.05, 3.63) is 27.1 Å². The summed E-state index contributed by atoms with van der Waals surface area (Å²) in [4.78, 5) is 12.1. The number of carbonyl (C=O) groups excluding carboxylic acids is 1. The number of rotatable bonds is 6. The maximum Gasteiger partial charge on any atom is 0.242 e. The summed E-state index contributed by atoms with van der Waals surface area (Å²) in [5.41, 5.74) is 0.904. The molecule has 1 rings (SSSR count). The summed E-state index contributed by atoms with van der Waals surface area (Å²) in [6.45, 7) is 6.03. The fourth-order valence-corrected chi connectivity index (χ4v) is 2.45. The van der Waals surface area contributed by atoms with Gasteiger partial charge >= 0.3 is 0 Å². The van der Waals surface area contributed by atoms with Crippen LogP contribution < -0.4 is 10.6 Å². The highest BCUT2D eigenvalue weighted by atomic mass is 79.9. The van der Waals surface area contributed by atoms with Gasteiger partial charge < -0.3 is 10.6 Å². The molecule has 1 amide bonds. The minimum absolute atomic E-state index is 0.0283. The van der Waals surface area contributed by atoms with E-state index < -0.39 is 0 Å². The van der Waals surface area contributed by atoms with Gasteiger partial charge in [-0.2, -0.15) is 0 Å². The predicted octanol–water partition coefficient (Wildman–Crippen LogP) is 4.32. The van der Waals surface area contributed by atoms with Gasteiger partial charge in [0.05, 0.1) is 5.69 Å². The summed E-state index contributed by atoms with van der Waals surface area (Å²) >= 11 is 6.90. The van der Waals surface area contributed by atoms with E-state index in [2.05, 4.69) is 56.3 Å². The van der Waals surface area contributed by atoms with Crippen LogP contribution in [0, 0.1) is 0 Å². The molecule has 19 heavy (non-hydrogen) atoms. The van der Waals surface area contributed by atoms with Crippen molar-refractivity contribution >= 4 is 43.5 Å². The van der Waals surface area contributed by atoms with E-state index in [1.165, 1.54) is 0 Å². The molecule has 0 heterocycles. The zero-order valence-electron chi connectivity index (χ0n) is 11.5. The largest absolute Gasteiger partial charge is 0.373 e. The average Bonchev–Trinajstić information content (AvgIpc) is 2.39. The monoisotopic (exact) mass is 390 g/mol. The highest BCUT2D eigenvalue weighted by Gasteiger charge is 2.16. The summed E-state index contributed by atoms with van der Waals surface area (Å²) in [6.07, 6.45) is 1.91. The number of hydrogen-bond donors (Lipinski definition) is 2. The second-order valence-corrected chi connectivity index (χ2v) is 6.28. The molecule has 0 saturated carbocycles. The van der Waals surface area contributed by atoms with E-state index in [0.717, 1.165) is 27.5 Å². The lowest BCUT2D eigenvalue weighted by atomic mass is 10.1. The summed E-state index contributed by atoms with van der Waals surface area (Å²) in [7, 11) is 0. The van der Waals surface area contributed by atoms with Crippen LogP contribution >= 0.6 is 31.9 Å². The lowest BCUT2D eigenvalue weighted by Crippen LogP contribution is -2.42. The SMILES string of the molecule is CCC(CC)NC(=O)C(C)Nc1cc(Br)ccc1Br. The quantitative estimate of drug-likeness (QED) is 0.758. The molecular weight excluding hydrogens is 372 g/mol. The van der Waals surface area contributed by atoms with E-state index >= 15 is 0 Å². The molecular formula is C14H20Br2N2O. The molecule has 5 heteroatoms. The van der Waals surface area contributed by atoms with E-state index in [0.29, 0.717) is 0 Å². The van der Waals surface area contributed by atoms with Gasteiger partial charge in [0.25, 0.3) is 0 Å². The van der Waals surface area contributed by atoms with Crippen LogP contribution in [-0.2, 0) is 4.79 Å². The van der Waals surface area contributed by atoms with Crippen LogP contribution in [0.15, 0.2) is 27.1 Å². The van der Waals surface area contributed by atoms with Crippen molar-refractivity contribution in [2.75, 3.05) is 5.32 Å². The zero-order chi connectivity index (χ0) is 14.4. The maximum absolute atomic E-state index is 12.1. The Labute approximate surface area is 131 Å². The second-order valence-electron chi connectivity index (χ2n) is 4.51. The Kier molecular flexibility index (Phi) is 6.86. The van der Waals surface area contributed by atoms with Crippen molar-refractivity contribution in [2.45, 2.75) is 45.7 Å². The number of amides is 1. The van der Waals surface area contributed by atoms with Gasteiger partial charge in [0.2, 0.25) is 5.91 Å². The molecule has 1 aromatic rings. The molecule has 0 spiro atoms. The van der Waals surface area contributed by atoms with Crippen LogP contribution in [0.4, 0.5) is 5.69 Å². The summed E-state index contributed by atoms with van der Waals surface area (Å²) in [6, 6.07) is 5.82. The number of nitrogens with one attached hydrogen (secondary N) is 2. The number of hydrogen-bond acceptors (Lipinski definition) is 2. The lowest BCUT2D eigenvalue weighted by molar-refractivity contribution is -0.122. The molecule has 0 aliphatic heterocycles. The highest BCUT2D eigenvalue weighted by Crippen LogP contribution is 2.26. The molecule has 0 radical (unpaired) electrons. The first-order valence-electron chi connectivity index (χ1n) is 6.49. The zero-order valence-corrected chi connectivity index (χ0v) is 14.6. The van der Waals surface area contributed by atoms with Gasteiger partial charge in [0.15, 0.2) is 0 Å². The smallest absolute Gasteiger partial charge is 0.242 e. The molecule has 0 aromatic heterocycles. The molecule has 0 bridgehead atoms. The average molecular weight is 392 g/mol. The normalized spacial score (nSPS) is 12.3. The minimum atomic E-state index is -0.272. The number of benzene rings is 1. The van der Waals surface area contributed by atoms with E-state index in [4.69, 9.17) is 0 Å². The van der Waals surface area contributed by atoms with Crippen LogP contribution in [0.3, 0.4) is 0 Å². The summed E-state index contributed by atoms with van der Waals surface area (Å²) in [5, 5.41) is 6.26. The Morgan fingerprint density at radius 2 is 1.89 bits per heavy atom. The van der Waals surface area contributed by atoms with Gasteiger partial charge in [-0.05, 0) is 53.9 Å². The van der Waals surface area contributed by atoms with Gasteiger partial charge in [-0.3, -0.25) is 4.79 Å². The first-order chi connectivity index (χ1) is 8.97. The molecule has 0 saturated heterocycles. The predicted molar refractivity (Wildman–Crippen MR) is 87.4 cm³/mol. The molecule has 3 nitrogen and oxygen atoms in total. The molecule has 0 aliphatic carbocycles. The second kappa shape index (κ2) is 7.90. The molecule has 0 aliphatic rings. The molecule has 2 N–H and O–H groups in total. The first kappa shape index (κ1) is 16.5. The molecule has 1 atom stereocenters. The van der Waals surface area contributed by atoms with Gasteiger partial charge in [0.1, 0.15) is 6.04 Å². The third-order valence-corrected chi connectivity index (χ3v) is 4.21. The number of halogens is 2. The Bertz CT molecular complexity index is 433. The van der Waals surface area contributed by atoms with Gasteiger partial charge in [-0.1, -0.05) is 29.8 Å². The number of anilines is 1. The minimum Gasteiger partial charge on any atom is -0.373 e. The summed E-state index contributed by atoms with van der Waals surface area (Å²) < 4.78 is 1.92. The van der Waals surface area contributed by atoms with Crippen LogP contribution in [0.5, 0.6) is 0 Å². The van der Waals surface area contributed by atoms with Crippen molar-refractivity contribution in [3.63, 3.8) is 0 Å². The van der Waals surface area contributed by atoms with Crippen LogP contribution in [0.1, 0.15) is 33.6 Å². The first-order valence-corrected chi connectivity index (χ1v) is 8.08. The van der Waals surface area contributed by atoms with E-state index in [1.807, 2.05) is 25.1 Å². The van der Waals surface area contributed by atoms with Crippen molar-refractivity contribution in [1.82, 2.24) is 5.32 Å².